The lowest BCUT2D eigenvalue weighted by atomic mass is 10.1. The molecular formula is C22H25F3N6O4. The minimum atomic E-state index is -4.84. The van der Waals surface area contributed by atoms with Crippen LogP contribution in [0.15, 0.2) is 40.5 Å². The Labute approximate surface area is 200 Å². The van der Waals surface area contributed by atoms with Crippen LogP contribution < -0.4 is 4.90 Å². The standard InChI is InChI=1S/C22H25F3N6O4/c1-2-16(35-17-13-28-29-21(33)20(17)22(23,24)25)14-34-10-5-19(32)31-8-6-30(7-9-31)18-4-3-15(11-26)12-27-18/h3-4,12-13,16,20H,2,5-10,14H2,1H3/t16-,20?/m1/s1. The zero-order chi connectivity index (χ0) is 25.4. The largest absolute Gasteiger partial charge is 0.489 e. The lowest BCUT2D eigenvalue weighted by molar-refractivity contribution is -0.183. The summed E-state index contributed by atoms with van der Waals surface area (Å²) in [6.07, 6.45) is -2.84. The van der Waals surface area contributed by atoms with Gasteiger partial charge in [-0.2, -0.15) is 23.5 Å². The van der Waals surface area contributed by atoms with E-state index in [1.54, 1.807) is 24.0 Å². The van der Waals surface area contributed by atoms with Crippen LogP contribution in [0.3, 0.4) is 0 Å². The zero-order valence-corrected chi connectivity index (χ0v) is 19.1. The summed E-state index contributed by atoms with van der Waals surface area (Å²) < 4.78 is 50.4. The summed E-state index contributed by atoms with van der Waals surface area (Å²) in [6.45, 7) is 3.96. The molecule has 2 aliphatic rings. The number of halogens is 3. The van der Waals surface area contributed by atoms with E-state index in [-0.39, 0.29) is 25.5 Å². The van der Waals surface area contributed by atoms with Gasteiger partial charge in [0.1, 0.15) is 23.8 Å². The third kappa shape index (κ3) is 6.98. The van der Waals surface area contributed by atoms with Gasteiger partial charge in [-0.1, -0.05) is 6.92 Å². The molecule has 1 fully saturated rings. The Morgan fingerprint density at radius 3 is 2.63 bits per heavy atom. The summed E-state index contributed by atoms with van der Waals surface area (Å²) >= 11 is 0. The second-order valence-corrected chi connectivity index (χ2v) is 7.92. The van der Waals surface area contributed by atoms with Crippen LogP contribution in [0, 0.1) is 17.2 Å². The molecule has 1 aromatic heterocycles. The second-order valence-electron chi connectivity index (χ2n) is 7.92. The summed E-state index contributed by atoms with van der Waals surface area (Å²) in [5.41, 5.74) is 0.480. The van der Waals surface area contributed by atoms with Gasteiger partial charge in [-0.25, -0.2) is 4.98 Å². The summed E-state index contributed by atoms with van der Waals surface area (Å²) in [7, 11) is 0. The number of pyridine rings is 1. The number of amides is 2. The fraction of sp³-hybridized carbons (Fsp3) is 0.545. The first kappa shape index (κ1) is 26.1. The number of carbonyl (C=O) groups is 2. The minimum Gasteiger partial charge on any atom is -0.489 e. The van der Waals surface area contributed by atoms with Gasteiger partial charge in [-0.05, 0) is 18.6 Å². The van der Waals surface area contributed by atoms with E-state index < -0.39 is 29.9 Å². The molecule has 2 amide bonds. The molecule has 0 saturated carbocycles. The number of hydrogen-bond donors (Lipinski definition) is 0. The summed E-state index contributed by atoms with van der Waals surface area (Å²) in [5.74, 6) is -3.86. The van der Waals surface area contributed by atoms with Crippen LogP contribution in [0.1, 0.15) is 25.3 Å². The molecule has 188 valence electrons. The molecule has 35 heavy (non-hydrogen) atoms. The molecule has 0 aliphatic carbocycles. The van der Waals surface area contributed by atoms with Gasteiger partial charge in [-0.15, -0.1) is 5.11 Å². The van der Waals surface area contributed by atoms with E-state index >= 15 is 0 Å². The first-order valence-electron chi connectivity index (χ1n) is 11.1. The lowest BCUT2D eigenvalue weighted by Gasteiger charge is -2.35. The smallest absolute Gasteiger partial charge is 0.407 e. The van der Waals surface area contributed by atoms with Crippen molar-refractivity contribution in [3.8, 4) is 6.07 Å². The normalized spacial score (nSPS) is 19.2. The van der Waals surface area contributed by atoms with Crippen LogP contribution in [0.25, 0.3) is 0 Å². The molecule has 0 aromatic carbocycles. The highest BCUT2D eigenvalue weighted by atomic mass is 19.4. The molecule has 13 heteroatoms. The first-order valence-corrected chi connectivity index (χ1v) is 11.1. The van der Waals surface area contributed by atoms with E-state index in [9.17, 15) is 22.8 Å². The Balaban J connectivity index is 1.40. The highest BCUT2D eigenvalue weighted by Crippen LogP contribution is 2.36. The third-order valence-corrected chi connectivity index (χ3v) is 5.56. The number of piperazine rings is 1. The maximum absolute atomic E-state index is 13.2. The number of alkyl halides is 3. The van der Waals surface area contributed by atoms with Gasteiger partial charge in [0.05, 0.1) is 31.4 Å². The van der Waals surface area contributed by atoms with Gasteiger partial charge >= 0.3 is 6.18 Å². The van der Waals surface area contributed by atoms with Crippen LogP contribution in [-0.2, 0) is 19.1 Å². The van der Waals surface area contributed by atoms with E-state index in [0.717, 1.165) is 12.0 Å². The van der Waals surface area contributed by atoms with Gasteiger partial charge in [0.2, 0.25) is 5.91 Å². The topological polar surface area (TPSA) is 120 Å². The molecule has 0 radical (unpaired) electrons. The molecule has 3 rings (SSSR count). The highest BCUT2D eigenvalue weighted by Gasteiger charge is 2.50. The Morgan fingerprint density at radius 1 is 1.29 bits per heavy atom. The van der Waals surface area contributed by atoms with Crippen molar-refractivity contribution < 1.29 is 32.2 Å². The maximum atomic E-state index is 13.2. The zero-order valence-electron chi connectivity index (χ0n) is 19.1. The Morgan fingerprint density at radius 2 is 2.03 bits per heavy atom. The quantitative estimate of drug-likeness (QED) is 0.484. The molecule has 0 N–H and O–H groups in total. The number of nitrogens with zero attached hydrogens (tertiary/aromatic N) is 6. The molecular weight excluding hydrogens is 469 g/mol. The van der Waals surface area contributed by atoms with Crippen molar-refractivity contribution in [2.24, 2.45) is 16.1 Å². The molecule has 1 aromatic rings. The molecule has 0 spiro atoms. The molecule has 10 nitrogen and oxygen atoms in total. The molecule has 1 saturated heterocycles. The monoisotopic (exact) mass is 494 g/mol. The number of carbonyl (C=O) groups excluding carboxylic acids is 2. The number of hydrogen-bond acceptors (Lipinski definition) is 8. The van der Waals surface area contributed by atoms with Crippen molar-refractivity contribution in [3.63, 3.8) is 0 Å². The van der Waals surface area contributed by atoms with Gasteiger partial charge in [0.25, 0.3) is 5.91 Å². The van der Waals surface area contributed by atoms with Crippen LogP contribution in [0.5, 0.6) is 0 Å². The van der Waals surface area contributed by atoms with Crippen LogP contribution >= 0.6 is 0 Å². The van der Waals surface area contributed by atoms with Crippen LogP contribution in [0.4, 0.5) is 19.0 Å². The maximum Gasteiger partial charge on any atom is 0.407 e. The van der Waals surface area contributed by atoms with Crippen molar-refractivity contribution in [1.82, 2.24) is 9.88 Å². The van der Waals surface area contributed by atoms with Gasteiger partial charge in [0, 0.05) is 32.4 Å². The summed E-state index contributed by atoms with van der Waals surface area (Å²) in [5, 5.41) is 15.1. The average Bonchev–Trinajstić information content (AvgIpc) is 2.85. The molecule has 2 atom stereocenters. The van der Waals surface area contributed by atoms with Crippen molar-refractivity contribution in [3.05, 3.63) is 35.9 Å². The van der Waals surface area contributed by atoms with Crippen LogP contribution in [-0.4, -0.2) is 73.4 Å². The fourth-order valence-electron chi connectivity index (χ4n) is 3.58. The van der Waals surface area contributed by atoms with Crippen LogP contribution in [0.2, 0.25) is 0 Å². The van der Waals surface area contributed by atoms with Gasteiger partial charge in [-0.3, -0.25) is 9.59 Å². The Kier molecular flexibility index (Phi) is 8.75. The third-order valence-electron chi connectivity index (χ3n) is 5.56. The fourth-order valence-corrected chi connectivity index (χ4v) is 3.58. The van der Waals surface area contributed by atoms with Crippen molar-refractivity contribution in [1.29, 1.82) is 5.26 Å². The second kappa shape index (κ2) is 11.7. The highest BCUT2D eigenvalue weighted by molar-refractivity contribution is 5.83. The molecule has 1 unspecified atom stereocenters. The van der Waals surface area contributed by atoms with Gasteiger partial charge in [0.15, 0.2) is 5.92 Å². The number of azo groups is 1. The van der Waals surface area contributed by atoms with E-state index in [2.05, 4.69) is 15.2 Å². The van der Waals surface area contributed by atoms with E-state index in [0.29, 0.717) is 38.2 Å². The van der Waals surface area contributed by atoms with Crippen molar-refractivity contribution in [2.75, 3.05) is 44.3 Å². The Hall–Kier alpha value is -3.53. The van der Waals surface area contributed by atoms with Gasteiger partial charge < -0.3 is 19.3 Å². The van der Waals surface area contributed by atoms with E-state index in [1.807, 2.05) is 11.0 Å². The SMILES string of the molecule is CC[C@H](COCCC(=O)N1CCN(c2ccc(C#N)cn2)CC1)OC1=CN=NC(=O)C1C(F)(F)F. The van der Waals surface area contributed by atoms with E-state index in [1.165, 1.54) is 6.20 Å². The number of nitriles is 1. The van der Waals surface area contributed by atoms with Crippen molar-refractivity contribution >= 4 is 17.6 Å². The Bertz CT molecular complexity index is 998. The minimum absolute atomic E-state index is 0.0465. The molecule has 2 aliphatic heterocycles. The molecule has 3 heterocycles. The molecule has 0 bridgehead atoms. The summed E-state index contributed by atoms with van der Waals surface area (Å²) in [4.78, 5) is 32.0. The number of ether oxygens (including phenoxy) is 2. The van der Waals surface area contributed by atoms with Crippen molar-refractivity contribution in [2.45, 2.75) is 32.0 Å². The van der Waals surface area contributed by atoms with E-state index in [4.69, 9.17) is 14.7 Å². The number of anilines is 1. The predicted octanol–water partition coefficient (Wildman–Crippen LogP) is 2.82. The predicted molar refractivity (Wildman–Crippen MR) is 116 cm³/mol. The number of rotatable bonds is 9. The summed E-state index contributed by atoms with van der Waals surface area (Å²) in [6, 6.07) is 5.49. The lowest BCUT2D eigenvalue weighted by Crippen LogP contribution is -2.49. The number of aromatic nitrogens is 1. The average molecular weight is 494 g/mol. The first-order chi connectivity index (χ1) is 16.7.